The summed E-state index contributed by atoms with van der Waals surface area (Å²) in [6, 6.07) is 0. The zero-order valence-electron chi connectivity index (χ0n) is 8.65. The Morgan fingerprint density at radius 3 is 2.93 bits per heavy atom. The zero-order chi connectivity index (χ0) is 10.0. The summed E-state index contributed by atoms with van der Waals surface area (Å²) in [5.74, 6) is 0.799. The van der Waals surface area contributed by atoms with E-state index >= 15 is 0 Å². The van der Waals surface area contributed by atoms with Crippen molar-refractivity contribution in [3.63, 3.8) is 0 Å². The standard InChI is InChI=1S/C10H17N3O/c1-8-2-4-10(6-8)5-3-9(14-10)7-12-13-11/h8-9H,2-7H2,1H3. The van der Waals surface area contributed by atoms with Gasteiger partial charge in [0.05, 0.1) is 18.2 Å². The normalized spacial score (nSPS) is 41.5. The van der Waals surface area contributed by atoms with Crippen LogP contribution >= 0.6 is 0 Å². The second-order valence-corrected chi connectivity index (χ2v) is 4.72. The Morgan fingerprint density at radius 2 is 2.29 bits per heavy atom. The molecule has 0 aromatic heterocycles. The second-order valence-electron chi connectivity index (χ2n) is 4.72. The first-order chi connectivity index (χ1) is 6.74. The molecule has 1 saturated carbocycles. The molecule has 1 heterocycles. The first-order valence-corrected chi connectivity index (χ1v) is 5.43. The van der Waals surface area contributed by atoms with Crippen LogP contribution in [-0.4, -0.2) is 18.2 Å². The molecule has 1 saturated heterocycles. The van der Waals surface area contributed by atoms with E-state index in [4.69, 9.17) is 10.3 Å². The van der Waals surface area contributed by atoms with Gasteiger partial charge in [-0.25, -0.2) is 0 Å². The number of rotatable bonds is 2. The lowest BCUT2D eigenvalue weighted by Gasteiger charge is -2.23. The minimum absolute atomic E-state index is 0.148. The first-order valence-electron chi connectivity index (χ1n) is 5.43. The lowest BCUT2D eigenvalue weighted by Crippen LogP contribution is -2.26. The van der Waals surface area contributed by atoms with Crippen molar-refractivity contribution in [1.29, 1.82) is 0 Å². The highest BCUT2D eigenvalue weighted by Crippen LogP contribution is 2.45. The molecule has 2 fully saturated rings. The Labute approximate surface area is 84.3 Å². The van der Waals surface area contributed by atoms with Crippen molar-refractivity contribution >= 4 is 0 Å². The summed E-state index contributed by atoms with van der Waals surface area (Å²) in [5.41, 5.74) is 8.38. The average molecular weight is 195 g/mol. The summed E-state index contributed by atoms with van der Waals surface area (Å²) in [6.07, 6.45) is 6.07. The molecule has 4 nitrogen and oxygen atoms in total. The molecule has 3 unspecified atom stereocenters. The Balaban J connectivity index is 1.90. The molecule has 0 radical (unpaired) electrons. The maximum atomic E-state index is 8.23. The Kier molecular flexibility index (Phi) is 2.66. The molecule has 0 amide bonds. The van der Waals surface area contributed by atoms with Gasteiger partial charge in [-0.05, 0) is 43.6 Å². The van der Waals surface area contributed by atoms with E-state index in [1.54, 1.807) is 0 Å². The number of hydrogen-bond acceptors (Lipinski definition) is 2. The van der Waals surface area contributed by atoms with Crippen molar-refractivity contribution in [3.8, 4) is 0 Å². The van der Waals surface area contributed by atoms with Gasteiger partial charge in [-0.2, -0.15) is 0 Å². The van der Waals surface area contributed by atoms with Gasteiger partial charge in [0.25, 0.3) is 0 Å². The molecule has 2 aliphatic rings. The van der Waals surface area contributed by atoms with Crippen LogP contribution < -0.4 is 0 Å². The van der Waals surface area contributed by atoms with E-state index in [0.29, 0.717) is 6.54 Å². The summed E-state index contributed by atoms with van der Waals surface area (Å²) in [6.45, 7) is 2.80. The fourth-order valence-electron chi connectivity index (χ4n) is 2.83. The van der Waals surface area contributed by atoms with Crippen LogP contribution in [0.5, 0.6) is 0 Å². The predicted molar refractivity (Wildman–Crippen MR) is 53.9 cm³/mol. The lowest BCUT2D eigenvalue weighted by atomic mass is 9.97. The van der Waals surface area contributed by atoms with Gasteiger partial charge >= 0.3 is 0 Å². The van der Waals surface area contributed by atoms with E-state index in [1.165, 1.54) is 19.3 Å². The summed E-state index contributed by atoms with van der Waals surface area (Å²) in [7, 11) is 0. The van der Waals surface area contributed by atoms with Gasteiger partial charge in [-0.3, -0.25) is 0 Å². The van der Waals surface area contributed by atoms with Crippen LogP contribution in [0, 0.1) is 5.92 Å². The maximum absolute atomic E-state index is 8.23. The van der Waals surface area contributed by atoms with Crippen molar-refractivity contribution in [3.05, 3.63) is 10.4 Å². The van der Waals surface area contributed by atoms with Gasteiger partial charge in [0.1, 0.15) is 0 Å². The SMILES string of the molecule is CC1CCC2(CCC(CN=[N+]=[N-])O2)C1. The van der Waals surface area contributed by atoms with Gasteiger partial charge in [0.2, 0.25) is 0 Å². The highest BCUT2D eigenvalue weighted by atomic mass is 16.5. The van der Waals surface area contributed by atoms with E-state index in [1.807, 2.05) is 0 Å². The molecule has 0 bridgehead atoms. The molecular weight excluding hydrogens is 178 g/mol. The molecule has 0 aromatic carbocycles. The van der Waals surface area contributed by atoms with Gasteiger partial charge in [0.15, 0.2) is 0 Å². The summed E-state index contributed by atoms with van der Waals surface area (Å²) >= 11 is 0. The van der Waals surface area contributed by atoms with Crippen molar-refractivity contribution in [1.82, 2.24) is 0 Å². The van der Waals surface area contributed by atoms with Crippen molar-refractivity contribution in [2.45, 2.75) is 50.7 Å². The first kappa shape index (κ1) is 9.81. The quantitative estimate of drug-likeness (QED) is 0.379. The molecule has 1 aliphatic heterocycles. The minimum atomic E-state index is 0.148. The van der Waals surface area contributed by atoms with E-state index in [9.17, 15) is 0 Å². The molecule has 3 atom stereocenters. The molecule has 0 aromatic rings. The number of azide groups is 1. The highest BCUT2D eigenvalue weighted by Gasteiger charge is 2.44. The topological polar surface area (TPSA) is 58.0 Å². The van der Waals surface area contributed by atoms with Crippen LogP contribution in [0.3, 0.4) is 0 Å². The van der Waals surface area contributed by atoms with Crippen LogP contribution in [-0.2, 0) is 4.74 Å². The molecule has 4 heteroatoms. The predicted octanol–water partition coefficient (Wildman–Crippen LogP) is 3.03. The number of ether oxygens (including phenoxy) is 1. The second kappa shape index (κ2) is 3.79. The summed E-state index contributed by atoms with van der Waals surface area (Å²) < 4.78 is 6.02. The van der Waals surface area contributed by atoms with Gasteiger partial charge in [0, 0.05) is 4.91 Å². The third kappa shape index (κ3) is 1.86. The van der Waals surface area contributed by atoms with E-state index in [-0.39, 0.29) is 11.7 Å². The van der Waals surface area contributed by atoms with Gasteiger partial charge in [-0.15, -0.1) is 0 Å². The van der Waals surface area contributed by atoms with E-state index < -0.39 is 0 Å². The number of nitrogens with zero attached hydrogens (tertiary/aromatic N) is 3. The van der Waals surface area contributed by atoms with E-state index in [2.05, 4.69) is 16.9 Å². The third-order valence-corrected chi connectivity index (χ3v) is 3.50. The van der Waals surface area contributed by atoms with Crippen LogP contribution in [0.15, 0.2) is 5.11 Å². The Morgan fingerprint density at radius 1 is 1.50 bits per heavy atom. The van der Waals surface area contributed by atoms with Gasteiger partial charge in [-0.1, -0.05) is 12.0 Å². The fourth-order valence-corrected chi connectivity index (χ4v) is 2.83. The molecular formula is C10H17N3O. The average Bonchev–Trinajstić information content (AvgIpc) is 2.72. The Bertz CT molecular complexity index is 262. The molecule has 2 rings (SSSR count). The largest absolute Gasteiger partial charge is 0.372 e. The molecule has 0 N–H and O–H groups in total. The molecule has 14 heavy (non-hydrogen) atoms. The smallest absolute Gasteiger partial charge is 0.0689 e. The Hall–Kier alpha value is -0.730. The van der Waals surface area contributed by atoms with Gasteiger partial charge < -0.3 is 4.74 Å². The highest BCUT2D eigenvalue weighted by molar-refractivity contribution is 4.95. The third-order valence-electron chi connectivity index (χ3n) is 3.50. The molecule has 1 spiro atoms. The maximum Gasteiger partial charge on any atom is 0.0689 e. The number of hydrogen-bond donors (Lipinski definition) is 0. The van der Waals surface area contributed by atoms with Crippen LogP contribution in [0.2, 0.25) is 0 Å². The zero-order valence-corrected chi connectivity index (χ0v) is 8.65. The van der Waals surface area contributed by atoms with Crippen LogP contribution in [0.1, 0.15) is 39.0 Å². The summed E-state index contributed by atoms with van der Waals surface area (Å²) in [5, 5.41) is 3.58. The van der Waals surface area contributed by atoms with Crippen molar-refractivity contribution in [2.24, 2.45) is 11.0 Å². The fraction of sp³-hybridized carbons (Fsp3) is 1.00. The monoisotopic (exact) mass is 195 g/mol. The van der Waals surface area contributed by atoms with E-state index in [0.717, 1.165) is 18.8 Å². The molecule has 78 valence electrons. The van der Waals surface area contributed by atoms with Crippen LogP contribution in [0.25, 0.3) is 10.4 Å². The molecule has 1 aliphatic carbocycles. The lowest BCUT2D eigenvalue weighted by molar-refractivity contribution is -0.0343. The summed E-state index contributed by atoms with van der Waals surface area (Å²) in [4.78, 5) is 2.77. The van der Waals surface area contributed by atoms with Crippen molar-refractivity contribution in [2.75, 3.05) is 6.54 Å². The van der Waals surface area contributed by atoms with Crippen LogP contribution in [0.4, 0.5) is 0 Å². The van der Waals surface area contributed by atoms with Crippen molar-refractivity contribution < 1.29 is 4.74 Å². The minimum Gasteiger partial charge on any atom is -0.372 e.